The lowest BCUT2D eigenvalue weighted by molar-refractivity contribution is 0.210. The molecule has 30 heavy (non-hydrogen) atoms. The van der Waals surface area contributed by atoms with Gasteiger partial charge in [0.15, 0.2) is 11.5 Å². The maximum atomic E-state index is 13.1. The molecule has 2 aromatic carbocycles. The van der Waals surface area contributed by atoms with E-state index in [4.69, 9.17) is 9.47 Å². The molecular formula is C23H25BrN2O3S. The first-order valence-corrected chi connectivity index (χ1v) is 11.2. The molecule has 0 radical (unpaired) electrons. The van der Waals surface area contributed by atoms with Crippen LogP contribution in [-0.4, -0.2) is 31.7 Å². The molecule has 7 heteroatoms. The number of ether oxygens (including phenoxy) is 2. The number of nitrogens with zero attached hydrogens (tertiary/aromatic N) is 1. The summed E-state index contributed by atoms with van der Waals surface area (Å²) in [5, 5.41) is 5.08. The van der Waals surface area contributed by atoms with Crippen LogP contribution in [0.1, 0.15) is 16.0 Å². The third-order valence-electron chi connectivity index (χ3n) is 4.82. The summed E-state index contributed by atoms with van der Waals surface area (Å²) in [7, 11) is 3.24. The monoisotopic (exact) mass is 488 g/mol. The molecule has 2 amide bonds. The van der Waals surface area contributed by atoms with Crippen molar-refractivity contribution in [1.29, 1.82) is 0 Å². The minimum atomic E-state index is -0.129. The molecule has 0 unspecified atom stereocenters. The second-order valence-electron chi connectivity index (χ2n) is 6.80. The van der Waals surface area contributed by atoms with Crippen molar-refractivity contribution in [3.05, 3.63) is 74.4 Å². The summed E-state index contributed by atoms with van der Waals surface area (Å²) in [5.74, 6) is 1.38. The van der Waals surface area contributed by atoms with Gasteiger partial charge < -0.3 is 19.7 Å². The maximum Gasteiger partial charge on any atom is 0.322 e. The fourth-order valence-electron chi connectivity index (χ4n) is 3.05. The molecule has 0 saturated carbocycles. The van der Waals surface area contributed by atoms with E-state index < -0.39 is 0 Å². The lowest BCUT2D eigenvalue weighted by atomic mass is 10.1. The fraction of sp³-hybridized carbons (Fsp3) is 0.261. The summed E-state index contributed by atoms with van der Waals surface area (Å²) < 4.78 is 11.6. The molecule has 1 aromatic heterocycles. The van der Waals surface area contributed by atoms with Gasteiger partial charge in [-0.3, -0.25) is 0 Å². The van der Waals surface area contributed by atoms with Crippen molar-refractivity contribution in [2.45, 2.75) is 19.9 Å². The topological polar surface area (TPSA) is 50.8 Å². The van der Waals surface area contributed by atoms with Crippen LogP contribution in [0.3, 0.4) is 0 Å². The van der Waals surface area contributed by atoms with Gasteiger partial charge in [0.05, 0.1) is 26.5 Å². The van der Waals surface area contributed by atoms with Gasteiger partial charge in [0, 0.05) is 15.9 Å². The zero-order chi connectivity index (χ0) is 21.5. The van der Waals surface area contributed by atoms with E-state index in [-0.39, 0.29) is 6.03 Å². The molecule has 158 valence electrons. The van der Waals surface area contributed by atoms with E-state index in [9.17, 15) is 4.79 Å². The lowest BCUT2D eigenvalue weighted by Gasteiger charge is -2.24. The fourth-order valence-corrected chi connectivity index (χ4v) is 4.35. The summed E-state index contributed by atoms with van der Waals surface area (Å²) in [6.07, 6.45) is 0.703. The Bertz CT molecular complexity index is 1010. The van der Waals surface area contributed by atoms with Gasteiger partial charge in [-0.05, 0) is 76.1 Å². The van der Waals surface area contributed by atoms with Gasteiger partial charge in [-0.2, -0.15) is 0 Å². The zero-order valence-corrected chi connectivity index (χ0v) is 19.7. The van der Waals surface area contributed by atoms with Gasteiger partial charge in [-0.15, -0.1) is 11.3 Å². The summed E-state index contributed by atoms with van der Waals surface area (Å²) in [6.45, 7) is 3.21. The third kappa shape index (κ3) is 5.55. The number of benzene rings is 2. The molecule has 3 rings (SSSR count). The number of aryl methyl sites for hydroxylation is 1. The largest absolute Gasteiger partial charge is 0.493 e. The van der Waals surface area contributed by atoms with Crippen LogP contribution in [0.4, 0.5) is 10.5 Å². The van der Waals surface area contributed by atoms with E-state index in [1.807, 2.05) is 47.4 Å². The highest BCUT2D eigenvalue weighted by Crippen LogP contribution is 2.28. The summed E-state index contributed by atoms with van der Waals surface area (Å²) >= 11 is 5.16. The minimum absolute atomic E-state index is 0.129. The number of para-hydroxylation sites is 1. The number of halogens is 1. The highest BCUT2D eigenvalue weighted by atomic mass is 79.9. The Hall–Kier alpha value is -2.51. The van der Waals surface area contributed by atoms with Crippen LogP contribution in [0.25, 0.3) is 0 Å². The molecule has 0 aliphatic rings. The van der Waals surface area contributed by atoms with Gasteiger partial charge in [0.1, 0.15) is 0 Å². The van der Waals surface area contributed by atoms with Crippen LogP contribution in [0.15, 0.2) is 58.4 Å². The van der Waals surface area contributed by atoms with Gasteiger partial charge in [-0.25, -0.2) is 4.79 Å². The average Bonchev–Trinajstić information content (AvgIpc) is 3.16. The van der Waals surface area contributed by atoms with E-state index in [2.05, 4.69) is 39.6 Å². The highest BCUT2D eigenvalue weighted by Gasteiger charge is 2.17. The van der Waals surface area contributed by atoms with E-state index >= 15 is 0 Å². The quantitative estimate of drug-likeness (QED) is 0.415. The van der Waals surface area contributed by atoms with Gasteiger partial charge in [0.2, 0.25) is 0 Å². The number of hydrogen-bond donors (Lipinski definition) is 1. The van der Waals surface area contributed by atoms with Gasteiger partial charge >= 0.3 is 6.03 Å². The Morgan fingerprint density at radius 1 is 1.10 bits per heavy atom. The summed E-state index contributed by atoms with van der Waals surface area (Å²) in [6, 6.07) is 15.4. The van der Waals surface area contributed by atoms with Crippen LogP contribution < -0.4 is 14.8 Å². The number of rotatable bonds is 8. The predicted octanol–water partition coefficient (Wildman–Crippen LogP) is 6.11. The number of urea groups is 1. The number of methoxy groups -OCH3 is 2. The van der Waals surface area contributed by atoms with Crippen LogP contribution in [-0.2, 0) is 13.0 Å². The summed E-state index contributed by atoms with van der Waals surface area (Å²) in [4.78, 5) is 16.1. The predicted molar refractivity (Wildman–Crippen MR) is 126 cm³/mol. The smallest absolute Gasteiger partial charge is 0.322 e. The van der Waals surface area contributed by atoms with Crippen LogP contribution >= 0.6 is 27.3 Å². The Kier molecular flexibility index (Phi) is 7.76. The van der Waals surface area contributed by atoms with E-state index in [1.165, 1.54) is 10.4 Å². The number of anilines is 1. The lowest BCUT2D eigenvalue weighted by Crippen LogP contribution is -2.36. The molecule has 3 aromatic rings. The van der Waals surface area contributed by atoms with E-state index in [1.54, 1.807) is 25.6 Å². The van der Waals surface area contributed by atoms with Crippen molar-refractivity contribution in [3.63, 3.8) is 0 Å². The molecule has 0 saturated heterocycles. The zero-order valence-electron chi connectivity index (χ0n) is 17.3. The number of hydrogen-bond acceptors (Lipinski definition) is 4. The average molecular weight is 489 g/mol. The Balaban J connectivity index is 1.76. The van der Waals surface area contributed by atoms with Crippen LogP contribution in [0.2, 0.25) is 0 Å². The molecule has 0 aliphatic carbocycles. The normalized spacial score (nSPS) is 10.5. The number of carbonyl (C=O) groups is 1. The highest BCUT2D eigenvalue weighted by molar-refractivity contribution is 9.10. The Morgan fingerprint density at radius 2 is 1.87 bits per heavy atom. The van der Waals surface area contributed by atoms with Crippen molar-refractivity contribution in [1.82, 2.24) is 4.90 Å². The molecule has 0 aliphatic heterocycles. The molecule has 5 nitrogen and oxygen atoms in total. The third-order valence-corrected chi connectivity index (χ3v) is 6.52. The maximum absolute atomic E-state index is 13.1. The van der Waals surface area contributed by atoms with Crippen LogP contribution in [0, 0.1) is 6.92 Å². The number of nitrogens with one attached hydrogen (secondary N) is 1. The van der Waals surface area contributed by atoms with Crippen molar-refractivity contribution in [2.24, 2.45) is 0 Å². The molecule has 0 atom stereocenters. The Labute approximate surface area is 189 Å². The van der Waals surface area contributed by atoms with Crippen LogP contribution in [0.5, 0.6) is 11.5 Å². The molecule has 0 fully saturated rings. The Morgan fingerprint density at radius 3 is 2.53 bits per heavy atom. The summed E-state index contributed by atoms with van der Waals surface area (Å²) in [5.41, 5.74) is 3.03. The first kappa shape index (κ1) is 22.2. The first-order valence-electron chi connectivity index (χ1n) is 9.56. The van der Waals surface area contributed by atoms with E-state index in [0.717, 1.165) is 15.7 Å². The second kappa shape index (κ2) is 10.5. The van der Waals surface area contributed by atoms with Gasteiger partial charge in [0.25, 0.3) is 0 Å². The standard InChI is InChI=1S/C23H25BrN2O3S/c1-16-11-13-30-22(16)15-26(23(27)25-19-7-5-4-6-18(19)24)12-10-17-8-9-20(28-2)21(14-17)29-3/h4-9,11,13-14H,10,12,15H2,1-3H3,(H,25,27). The van der Waals surface area contributed by atoms with Crippen molar-refractivity contribution >= 4 is 39.0 Å². The van der Waals surface area contributed by atoms with E-state index in [0.29, 0.717) is 31.0 Å². The molecule has 1 heterocycles. The molecule has 0 spiro atoms. The second-order valence-corrected chi connectivity index (χ2v) is 8.65. The number of thiophene rings is 1. The van der Waals surface area contributed by atoms with Crippen molar-refractivity contribution < 1.29 is 14.3 Å². The SMILES string of the molecule is COc1ccc(CCN(Cc2sccc2C)C(=O)Nc2ccccc2Br)cc1OC. The van der Waals surface area contributed by atoms with Gasteiger partial charge in [-0.1, -0.05) is 18.2 Å². The molecule has 1 N–H and O–H groups in total. The molecule has 0 bridgehead atoms. The molecular weight excluding hydrogens is 464 g/mol. The minimum Gasteiger partial charge on any atom is -0.493 e. The number of carbonyl (C=O) groups excluding carboxylic acids is 1. The first-order chi connectivity index (χ1) is 14.5. The van der Waals surface area contributed by atoms with Crippen molar-refractivity contribution in [2.75, 3.05) is 26.1 Å². The van der Waals surface area contributed by atoms with Crippen molar-refractivity contribution in [3.8, 4) is 11.5 Å². The number of amides is 2.